The summed E-state index contributed by atoms with van der Waals surface area (Å²) < 4.78 is 4.89. The van der Waals surface area contributed by atoms with Crippen LogP contribution in [0.4, 0.5) is 4.79 Å². The summed E-state index contributed by atoms with van der Waals surface area (Å²) in [7, 11) is 0. The fraction of sp³-hybridized carbons (Fsp3) is 0.143. The van der Waals surface area contributed by atoms with Gasteiger partial charge < -0.3 is 10.5 Å². The summed E-state index contributed by atoms with van der Waals surface area (Å²) >= 11 is 1.36. The van der Waals surface area contributed by atoms with Crippen LogP contribution in [0.3, 0.4) is 0 Å². The number of carbonyl (C=O) groups is 2. The van der Waals surface area contributed by atoms with Gasteiger partial charge in [-0.3, -0.25) is 4.79 Å². The molecular formula is C14H12N2O4S. The Hall–Kier alpha value is -2.54. The number of thiophene rings is 1. The average molecular weight is 304 g/mol. The first-order chi connectivity index (χ1) is 10.1. The van der Waals surface area contributed by atoms with Gasteiger partial charge in [0, 0.05) is 14.9 Å². The maximum atomic E-state index is 11.1. The monoisotopic (exact) mass is 304 g/mol. The molecule has 1 aromatic carbocycles. The van der Waals surface area contributed by atoms with Gasteiger partial charge in [0.15, 0.2) is 0 Å². The molecule has 108 valence electrons. The van der Waals surface area contributed by atoms with E-state index in [0.29, 0.717) is 4.88 Å². The van der Waals surface area contributed by atoms with E-state index in [1.54, 1.807) is 6.07 Å². The van der Waals surface area contributed by atoms with Crippen molar-refractivity contribution < 1.29 is 14.3 Å². The largest absolute Gasteiger partial charge is 0.440 e. The SMILES string of the molecule is NC(=O)OC(CC(=O)N=O)c1ccc(-c2ccccc2)s1. The summed E-state index contributed by atoms with van der Waals surface area (Å²) in [5, 5.41) is 2.31. The number of hydrogen-bond donors (Lipinski definition) is 1. The molecule has 1 atom stereocenters. The lowest BCUT2D eigenvalue weighted by Gasteiger charge is -2.12. The highest BCUT2D eigenvalue weighted by molar-refractivity contribution is 7.15. The van der Waals surface area contributed by atoms with E-state index in [9.17, 15) is 14.5 Å². The van der Waals surface area contributed by atoms with Crippen LogP contribution < -0.4 is 5.73 Å². The van der Waals surface area contributed by atoms with Crippen LogP contribution >= 0.6 is 11.3 Å². The van der Waals surface area contributed by atoms with Crippen molar-refractivity contribution in [3.63, 3.8) is 0 Å². The Bertz CT molecular complexity index is 654. The minimum atomic E-state index is -1.01. The van der Waals surface area contributed by atoms with E-state index in [1.807, 2.05) is 36.4 Å². The van der Waals surface area contributed by atoms with Gasteiger partial charge in [-0.15, -0.1) is 16.2 Å². The Morgan fingerprint density at radius 3 is 2.52 bits per heavy atom. The topological polar surface area (TPSA) is 98.8 Å². The number of carbonyl (C=O) groups excluding carboxylic acids is 2. The van der Waals surface area contributed by atoms with Crippen LogP contribution in [0.1, 0.15) is 17.4 Å². The fourth-order valence-corrected chi connectivity index (χ4v) is 2.86. The van der Waals surface area contributed by atoms with E-state index in [0.717, 1.165) is 10.4 Å². The third kappa shape index (κ3) is 3.96. The zero-order chi connectivity index (χ0) is 15.2. The van der Waals surface area contributed by atoms with Gasteiger partial charge in [-0.25, -0.2) is 4.79 Å². The molecule has 0 saturated carbocycles. The van der Waals surface area contributed by atoms with Crippen LogP contribution in [0.5, 0.6) is 0 Å². The van der Waals surface area contributed by atoms with Crippen LogP contribution in [0.2, 0.25) is 0 Å². The highest BCUT2D eigenvalue weighted by Gasteiger charge is 2.22. The quantitative estimate of drug-likeness (QED) is 0.857. The highest BCUT2D eigenvalue weighted by atomic mass is 32.1. The molecule has 0 aliphatic heterocycles. The number of nitroso groups, excluding NO2 is 1. The van der Waals surface area contributed by atoms with Crippen molar-refractivity contribution in [1.82, 2.24) is 0 Å². The standard InChI is InChI=1S/C14H12N2O4S/c15-14(18)20-10(8-13(17)16-19)12-7-6-11(21-12)9-4-2-1-3-5-9/h1-7,10H,8H2,(H2,15,18). The maximum absolute atomic E-state index is 11.1. The number of nitrogens with zero attached hydrogens (tertiary/aromatic N) is 1. The molecular weight excluding hydrogens is 292 g/mol. The molecule has 0 aliphatic carbocycles. The Morgan fingerprint density at radius 1 is 1.19 bits per heavy atom. The number of nitrogens with two attached hydrogens (primary N) is 1. The second kappa shape index (κ2) is 6.76. The molecule has 2 amide bonds. The summed E-state index contributed by atoms with van der Waals surface area (Å²) in [6.07, 6.45) is -2.22. The molecule has 0 aliphatic rings. The van der Waals surface area contributed by atoms with Gasteiger partial charge in [0.25, 0.3) is 5.91 Å². The van der Waals surface area contributed by atoms with Gasteiger partial charge in [0.2, 0.25) is 0 Å². The van der Waals surface area contributed by atoms with E-state index < -0.39 is 18.1 Å². The van der Waals surface area contributed by atoms with E-state index in [-0.39, 0.29) is 6.42 Å². The van der Waals surface area contributed by atoms with Crippen molar-refractivity contribution >= 4 is 23.3 Å². The Balaban J connectivity index is 2.24. The first kappa shape index (κ1) is 14.9. The normalized spacial score (nSPS) is 11.6. The van der Waals surface area contributed by atoms with E-state index in [1.165, 1.54) is 11.3 Å². The molecule has 0 saturated heterocycles. The zero-order valence-electron chi connectivity index (χ0n) is 10.9. The summed E-state index contributed by atoms with van der Waals surface area (Å²) in [5.74, 6) is -0.893. The molecule has 1 unspecified atom stereocenters. The molecule has 0 bridgehead atoms. The first-order valence-electron chi connectivity index (χ1n) is 6.07. The van der Waals surface area contributed by atoms with Gasteiger partial charge in [-0.2, -0.15) is 0 Å². The lowest BCUT2D eigenvalue weighted by Crippen LogP contribution is -2.18. The molecule has 7 heteroatoms. The maximum Gasteiger partial charge on any atom is 0.405 e. The van der Waals surface area contributed by atoms with Crippen LogP contribution in [-0.4, -0.2) is 12.0 Å². The third-order valence-corrected chi connectivity index (χ3v) is 3.95. The van der Waals surface area contributed by atoms with Crippen LogP contribution in [0, 0.1) is 4.91 Å². The van der Waals surface area contributed by atoms with Gasteiger partial charge >= 0.3 is 6.09 Å². The van der Waals surface area contributed by atoms with Crippen molar-refractivity contribution in [1.29, 1.82) is 0 Å². The summed E-state index contributed by atoms with van der Waals surface area (Å²) in [6, 6.07) is 13.2. The van der Waals surface area contributed by atoms with Crippen molar-refractivity contribution in [3.8, 4) is 10.4 Å². The number of ether oxygens (including phenoxy) is 1. The second-order valence-corrected chi connectivity index (χ2v) is 5.30. The van der Waals surface area contributed by atoms with E-state index in [2.05, 4.69) is 5.18 Å². The van der Waals surface area contributed by atoms with Gasteiger partial charge in [0.05, 0.1) is 6.42 Å². The minimum absolute atomic E-state index is 0.318. The van der Waals surface area contributed by atoms with Crippen molar-refractivity contribution in [2.45, 2.75) is 12.5 Å². The Labute approximate surface area is 124 Å². The lowest BCUT2D eigenvalue weighted by atomic mass is 10.2. The zero-order valence-corrected chi connectivity index (χ0v) is 11.7. The number of hydrogen-bond acceptors (Lipinski definition) is 5. The van der Waals surface area contributed by atoms with Gasteiger partial charge in [-0.1, -0.05) is 30.3 Å². The number of amides is 2. The van der Waals surface area contributed by atoms with Gasteiger partial charge in [0.1, 0.15) is 6.10 Å². The molecule has 2 rings (SSSR count). The molecule has 1 heterocycles. The lowest BCUT2D eigenvalue weighted by molar-refractivity contribution is -0.119. The third-order valence-electron chi connectivity index (χ3n) is 2.72. The second-order valence-electron chi connectivity index (χ2n) is 4.18. The van der Waals surface area contributed by atoms with Crippen molar-refractivity contribution in [3.05, 3.63) is 52.2 Å². The smallest absolute Gasteiger partial charge is 0.405 e. The molecule has 0 spiro atoms. The number of primary amides is 1. The van der Waals surface area contributed by atoms with Gasteiger partial charge in [-0.05, 0) is 17.7 Å². The number of benzene rings is 1. The Morgan fingerprint density at radius 2 is 1.90 bits per heavy atom. The summed E-state index contributed by atoms with van der Waals surface area (Å²) in [4.78, 5) is 33.9. The van der Waals surface area contributed by atoms with Crippen LogP contribution in [0.15, 0.2) is 47.6 Å². The summed E-state index contributed by atoms with van der Waals surface area (Å²) in [6.45, 7) is 0. The molecule has 0 radical (unpaired) electrons. The van der Waals surface area contributed by atoms with E-state index in [4.69, 9.17) is 10.5 Å². The van der Waals surface area contributed by atoms with Crippen molar-refractivity contribution in [2.24, 2.45) is 10.9 Å². The molecule has 2 aromatic rings. The average Bonchev–Trinajstić information content (AvgIpc) is 2.96. The Kier molecular flexibility index (Phi) is 4.78. The first-order valence-corrected chi connectivity index (χ1v) is 6.89. The molecule has 2 N–H and O–H groups in total. The van der Waals surface area contributed by atoms with Crippen LogP contribution in [0.25, 0.3) is 10.4 Å². The predicted octanol–water partition coefficient (Wildman–Crippen LogP) is 3.23. The van der Waals surface area contributed by atoms with E-state index >= 15 is 0 Å². The van der Waals surface area contributed by atoms with Crippen LogP contribution in [-0.2, 0) is 9.53 Å². The summed E-state index contributed by atoms with van der Waals surface area (Å²) in [5.41, 5.74) is 6.00. The highest BCUT2D eigenvalue weighted by Crippen LogP contribution is 2.34. The molecule has 21 heavy (non-hydrogen) atoms. The predicted molar refractivity (Wildman–Crippen MR) is 78.6 cm³/mol. The van der Waals surface area contributed by atoms with Crippen molar-refractivity contribution in [2.75, 3.05) is 0 Å². The molecule has 0 fully saturated rings. The molecule has 6 nitrogen and oxygen atoms in total. The minimum Gasteiger partial charge on any atom is -0.440 e. The fourth-order valence-electron chi connectivity index (χ4n) is 1.82. The number of rotatable bonds is 5. The molecule has 1 aromatic heterocycles.